The molecule has 1 rings (SSSR count). The number of rotatable bonds is 4. The van der Waals surface area contributed by atoms with Gasteiger partial charge in [-0.1, -0.05) is 12.1 Å². The van der Waals surface area contributed by atoms with Gasteiger partial charge in [-0.25, -0.2) is 4.79 Å². The minimum absolute atomic E-state index is 0.194. The van der Waals surface area contributed by atoms with E-state index in [1.54, 1.807) is 0 Å². The third kappa shape index (κ3) is 4.03. The number of benzene rings is 1. The Morgan fingerprint density at radius 3 is 2.50 bits per heavy atom. The first-order chi connectivity index (χ1) is 8.37. The molecule has 18 heavy (non-hydrogen) atoms. The van der Waals surface area contributed by atoms with Crippen LogP contribution in [0.3, 0.4) is 0 Å². The van der Waals surface area contributed by atoms with Gasteiger partial charge in [0.2, 0.25) is 0 Å². The van der Waals surface area contributed by atoms with Crippen LogP contribution in [0.1, 0.15) is 28.4 Å². The van der Waals surface area contributed by atoms with Gasteiger partial charge >= 0.3 is 12.1 Å². The molecule has 0 bridgehead atoms. The van der Waals surface area contributed by atoms with Gasteiger partial charge in [-0.15, -0.1) is 0 Å². The molecule has 0 spiro atoms. The van der Waals surface area contributed by atoms with Crippen molar-refractivity contribution in [3.05, 3.63) is 35.4 Å². The quantitative estimate of drug-likeness (QED) is 0.782. The summed E-state index contributed by atoms with van der Waals surface area (Å²) in [6.07, 6.45) is -6.56. The highest BCUT2D eigenvalue weighted by Crippen LogP contribution is 2.31. The summed E-state index contributed by atoms with van der Waals surface area (Å²) in [4.78, 5) is 11.3. The molecule has 0 aliphatic carbocycles. The van der Waals surface area contributed by atoms with E-state index in [1.165, 1.54) is 38.5 Å². The standard InChI is InChI=1S/C12H13F3O3/c1-17-10(7-12(13,14)15)8-4-3-5-9(6-8)11(16)18-2/h3-6,10H,7H2,1-2H3. The van der Waals surface area contributed by atoms with E-state index < -0.39 is 24.7 Å². The van der Waals surface area contributed by atoms with Gasteiger partial charge in [0.05, 0.1) is 25.2 Å². The molecule has 0 aliphatic heterocycles. The van der Waals surface area contributed by atoms with E-state index in [-0.39, 0.29) is 11.1 Å². The van der Waals surface area contributed by atoms with Gasteiger partial charge in [-0.2, -0.15) is 13.2 Å². The first-order valence-electron chi connectivity index (χ1n) is 5.15. The van der Waals surface area contributed by atoms with Gasteiger partial charge in [-0.05, 0) is 17.7 Å². The predicted molar refractivity (Wildman–Crippen MR) is 58.2 cm³/mol. The third-order valence-corrected chi connectivity index (χ3v) is 2.38. The van der Waals surface area contributed by atoms with E-state index in [9.17, 15) is 18.0 Å². The van der Waals surface area contributed by atoms with Gasteiger partial charge in [0.1, 0.15) is 0 Å². The molecule has 0 N–H and O–H groups in total. The van der Waals surface area contributed by atoms with Crippen molar-refractivity contribution >= 4 is 5.97 Å². The molecule has 1 atom stereocenters. The van der Waals surface area contributed by atoms with Crippen molar-refractivity contribution < 1.29 is 27.4 Å². The summed E-state index contributed by atoms with van der Waals surface area (Å²) in [6.45, 7) is 0. The second-order valence-corrected chi connectivity index (χ2v) is 3.66. The molecular formula is C12H13F3O3. The lowest BCUT2D eigenvalue weighted by atomic mass is 10.0. The minimum atomic E-state index is -4.33. The van der Waals surface area contributed by atoms with Crippen LogP contribution in [0.15, 0.2) is 24.3 Å². The van der Waals surface area contributed by atoms with Crippen molar-refractivity contribution in [1.82, 2.24) is 0 Å². The number of carbonyl (C=O) groups is 1. The number of hydrogen-bond acceptors (Lipinski definition) is 3. The zero-order valence-electron chi connectivity index (χ0n) is 9.95. The van der Waals surface area contributed by atoms with Gasteiger partial charge in [0.25, 0.3) is 0 Å². The molecule has 0 heterocycles. The number of carbonyl (C=O) groups excluding carboxylic acids is 1. The van der Waals surface area contributed by atoms with Crippen LogP contribution in [0.4, 0.5) is 13.2 Å². The van der Waals surface area contributed by atoms with Gasteiger partial charge in [-0.3, -0.25) is 0 Å². The smallest absolute Gasteiger partial charge is 0.391 e. The second kappa shape index (κ2) is 5.86. The molecule has 0 fully saturated rings. The lowest BCUT2D eigenvalue weighted by Gasteiger charge is -2.18. The molecule has 0 saturated carbocycles. The lowest BCUT2D eigenvalue weighted by Crippen LogP contribution is -2.15. The monoisotopic (exact) mass is 262 g/mol. The Labute approximate surface area is 103 Å². The summed E-state index contributed by atoms with van der Waals surface area (Å²) < 4.78 is 46.3. The zero-order valence-corrected chi connectivity index (χ0v) is 9.95. The SMILES string of the molecule is COC(=O)c1cccc(C(CC(F)(F)F)OC)c1. The topological polar surface area (TPSA) is 35.5 Å². The van der Waals surface area contributed by atoms with Crippen LogP contribution >= 0.6 is 0 Å². The minimum Gasteiger partial charge on any atom is -0.465 e. The highest BCUT2D eigenvalue weighted by atomic mass is 19.4. The molecule has 0 amide bonds. The maximum atomic E-state index is 12.3. The van der Waals surface area contributed by atoms with Crippen LogP contribution in [0, 0.1) is 0 Å². The summed E-state index contributed by atoms with van der Waals surface area (Å²) in [5, 5.41) is 0. The van der Waals surface area contributed by atoms with Crippen LogP contribution in [0.25, 0.3) is 0 Å². The number of hydrogen-bond donors (Lipinski definition) is 0. The fraction of sp³-hybridized carbons (Fsp3) is 0.417. The largest absolute Gasteiger partial charge is 0.465 e. The fourth-order valence-corrected chi connectivity index (χ4v) is 1.53. The number of ether oxygens (including phenoxy) is 2. The second-order valence-electron chi connectivity index (χ2n) is 3.66. The summed E-state index contributed by atoms with van der Waals surface area (Å²) in [5.41, 5.74) is 0.483. The normalized spacial score (nSPS) is 13.2. The Morgan fingerprint density at radius 2 is 2.00 bits per heavy atom. The van der Waals surface area contributed by atoms with Crippen molar-refractivity contribution in [3.63, 3.8) is 0 Å². The van der Waals surface area contributed by atoms with Crippen molar-refractivity contribution in [2.24, 2.45) is 0 Å². The number of alkyl halides is 3. The Morgan fingerprint density at radius 1 is 1.33 bits per heavy atom. The van der Waals surface area contributed by atoms with Gasteiger partial charge < -0.3 is 9.47 Å². The molecule has 0 aromatic heterocycles. The molecule has 1 aromatic carbocycles. The highest BCUT2D eigenvalue weighted by molar-refractivity contribution is 5.89. The molecule has 0 aliphatic rings. The van der Waals surface area contributed by atoms with E-state index in [0.717, 1.165) is 0 Å². The Balaban J connectivity index is 2.96. The summed E-state index contributed by atoms with van der Waals surface area (Å²) in [5.74, 6) is -0.598. The number of esters is 1. The van der Waals surface area contributed by atoms with Crippen molar-refractivity contribution in [3.8, 4) is 0 Å². The summed E-state index contributed by atoms with van der Waals surface area (Å²) >= 11 is 0. The molecule has 0 radical (unpaired) electrons. The third-order valence-electron chi connectivity index (χ3n) is 2.38. The Bertz CT molecular complexity index is 415. The van der Waals surface area contributed by atoms with E-state index in [4.69, 9.17) is 4.74 Å². The van der Waals surface area contributed by atoms with Gasteiger partial charge in [0, 0.05) is 7.11 Å². The molecule has 0 saturated heterocycles. The maximum absolute atomic E-state index is 12.3. The summed E-state index contributed by atoms with van der Waals surface area (Å²) in [7, 11) is 2.40. The van der Waals surface area contributed by atoms with Crippen LogP contribution in [0.2, 0.25) is 0 Å². The number of methoxy groups -OCH3 is 2. The van der Waals surface area contributed by atoms with Crippen molar-refractivity contribution in [2.45, 2.75) is 18.7 Å². The summed E-state index contributed by atoms with van der Waals surface area (Å²) in [6, 6.07) is 5.78. The van der Waals surface area contributed by atoms with Crippen molar-refractivity contribution in [2.75, 3.05) is 14.2 Å². The van der Waals surface area contributed by atoms with Crippen LogP contribution < -0.4 is 0 Å². The highest BCUT2D eigenvalue weighted by Gasteiger charge is 2.32. The Hall–Kier alpha value is -1.56. The molecule has 1 aromatic rings. The van der Waals surface area contributed by atoms with E-state index in [1.807, 2.05) is 0 Å². The zero-order chi connectivity index (χ0) is 13.8. The Kier molecular flexibility index (Phi) is 4.72. The first kappa shape index (κ1) is 14.5. The predicted octanol–water partition coefficient (Wildman–Crippen LogP) is 3.11. The molecular weight excluding hydrogens is 249 g/mol. The molecule has 3 nitrogen and oxygen atoms in total. The average molecular weight is 262 g/mol. The van der Waals surface area contributed by atoms with Crippen LogP contribution in [-0.4, -0.2) is 26.4 Å². The van der Waals surface area contributed by atoms with Gasteiger partial charge in [0.15, 0.2) is 0 Å². The molecule has 100 valence electrons. The van der Waals surface area contributed by atoms with E-state index >= 15 is 0 Å². The fourth-order valence-electron chi connectivity index (χ4n) is 1.53. The van der Waals surface area contributed by atoms with E-state index in [0.29, 0.717) is 0 Å². The lowest BCUT2D eigenvalue weighted by molar-refractivity contribution is -0.158. The maximum Gasteiger partial charge on any atom is 0.391 e. The molecule has 6 heteroatoms. The van der Waals surface area contributed by atoms with Crippen LogP contribution in [0.5, 0.6) is 0 Å². The average Bonchev–Trinajstić information content (AvgIpc) is 2.34. The number of halogens is 3. The molecule has 1 unspecified atom stereocenters. The van der Waals surface area contributed by atoms with Crippen molar-refractivity contribution in [1.29, 1.82) is 0 Å². The first-order valence-corrected chi connectivity index (χ1v) is 5.15. The van der Waals surface area contributed by atoms with E-state index in [2.05, 4.69) is 4.74 Å². The van der Waals surface area contributed by atoms with Crippen LogP contribution in [-0.2, 0) is 9.47 Å².